The second-order valence-electron chi connectivity index (χ2n) is 20.3. The molecule has 0 aliphatic carbocycles. The molecule has 67 heavy (non-hydrogen) atoms. The molecule has 1 amide bonds. The summed E-state index contributed by atoms with van der Waals surface area (Å²) in [5.74, 6) is -0.0831. The lowest BCUT2D eigenvalue weighted by Gasteiger charge is -2.20. The minimum atomic E-state index is -0.853. The number of hydrogen-bond acceptors (Lipinski definition) is 5. The van der Waals surface area contributed by atoms with Gasteiger partial charge in [-0.25, -0.2) is 0 Å². The van der Waals surface area contributed by atoms with Crippen molar-refractivity contribution in [2.75, 3.05) is 13.2 Å². The Morgan fingerprint density at radius 2 is 0.701 bits per heavy atom. The van der Waals surface area contributed by atoms with Crippen LogP contribution in [-0.2, 0) is 14.3 Å². The van der Waals surface area contributed by atoms with Crippen molar-refractivity contribution in [3.8, 4) is 0 Å². The molecular formula is C61H115NO5. The number of amides is 1. The summed E-state index contributed by atoms with van der Waals surface area (Å²) in [5.41, 5.74) is 0. The first-order valence-electron chi connectivity index (χ1n) is 29.8. The fraction of sp³-hybridized carbons (Fsp3) is 0.869. The van der Waals surface area contributed by atoms with Gasteiger partial charge in [-0.15, -0.1) is 0 Å². The summed E-state index contributed by atoms with van der Waals surface area (Å²) >= 11 is 0. The molecule has 0 aromatic rings. The monoisotopic (exact) mass is 942 g/mol. The summed E-state index contributed by atoms with van der Waals surface area (Å²) < 4.78 is 5.48. The van der Waals surface area contributed by atoms with Crippen molar-refractivity contribution in [2.45, 2.75) is 328 Å². The van der Waals surface area contributed by atoms with Crippen LogP contribution in [0.5, 0.6) is 0 Å². The second kappa shape index (κ2) is 56.7. The van der Waals surface area contributed by atoms with Gasteiger partial charge in [-0.05, 0) is 83.5 Å². The van der Waals surface area contributed by atoms with Crippen LogP contribution in [-0.4, -0.2) is 47.4 Å². The molecule has 394 valence electrons. The molecule has 2 unspecified atom stereocenters. The van der Waals surface area contributed by atoms with Crippen LogP contribution in [0.1, 0.15) is 316 Å². The van der Waals surface area contributed by atoms with Crippen LogP contribution in [0.25, 0.3) is 0 Å². The summed E-state index contributed by atoms with van der Waals surface area (Å²) in [7, 11) is 0. The van der Waals surface area contributed by atoms with Crippen LogP contribution in [0.4, 0.5) is 0 Å². The number of aliphatic hydroxyl groups excluding tert-OH is 2. The predicted molar refractivity (Wildman–Crippen MR) is 292 cm³/mol. The molecule has 0 aliphatic heterocycles. The van der Waals surface area contributed by atoms with Gasteiger partial charge in [-0.3, -0.25) is 9.59 Å². The average molecular weight is 943 g/mol. The van der Waals surface area contributed by atoms with Gasteiger partial charge in [0.2, 0.25) is 5.91 Å². The lowest BCUT2D eigenvalue weighted by molar-refractivity contribution is -0.143. The van der Waals surface area contributed by atoms with Crippen molar-refractivity contribution in [3.05, 3.63) is 36.5 Å². The molecule has 0 aromatic heterocycles. The maximum absolute atomic E-state index is 12.4. The number of allylic oxidation sites excluding steroid dienone is 5. The summed E-state index contributed by atoms with van der Waals surface area (Å²) in [6, 6.07) is -0.638. The molecular weight excluding hydrogens is 827 g/mol. The van der Waals surface area contributed by atoms with Crippen molar-refractivity contribution in [1.82, 2.24) is 5.32 Å². The normalized spacial score (nSPS) is 12.8. The minimum absolute atomic E-state index is 0.000918. The van der Waals surface area contributed by atoms with E-state index >= 15 is 0 Å². The Labute approximate surface area is 417 Å². The molecule has 6 heteroatoms. The molecule has 0 fully saturated rings. The van der Waals surface area contributed by atoms with E-state index in [1.807, 2.05) is 6.08 Å². The molecule has 0 heterocycles. The minimum Gasteiger partial charge on any atom is -0.466 e. The van der Waals surface area contributed by atoms with Crippen LogP contribution >= 0.6 is 0 Å². The smallest absolute Gasteiger partial charge is 0.305 e. The zero-order valence-corrected chi connectivity index (χ0v) is 44.9. The van der Waals surface area contributed by atoms with Gasteiger partial charge in [0.05, 0.1) is 25.4 Å². The Hall–Kier alpha value is -1.92. The van der Waals surface area contributed by atoms with E-state index in [0.29, 0.717) is 19.4 Å². The van der Waals surface area contributed by atoms with E-state index in [1.54, 1.807) is 6.08 Å². The summed E-state index contributed by atoms with van der Waals surface area (Å²) in [5, 5.41) is 23.1. The number of carbonyl (C=O) groups excluding carboxylic acids is 2. The van der Waals surface area contributed by atoms with Gasteiger partial charge >= 0.3 is 5.97 Å². The lowest BCUT2D eigenvalue weighted by Crippen LogP contribution is -2.45. The molecule has 0 saturated carbocycles. The number of ether oxygens (including phenoxy) is 1. The standard InChI is InChI=1S/C61H115NO5/c1-3-5-7-9-11-13-15-17-19-20-24-27-31-35-39-43-47-51-55-61(66)67-56-52-48-44-40-36-32-28-25-22-21-23-26-30-34-38-42-46-50-54-60(65)62-58(57-63)59(64)53-49-45-41-37-33-29-18-16-14-12-10-8-6-4-2/h19-20,23,26,49,53,58-59,63-64H,3-18,21-22,24-25,27-48,50-52,54-57H2,1-2H3,(H,62,65)/b20-19-,26-23-,53-49+. The van der Waals surface area contributed by atoms with Crippen LogP contribution in [0.15, 0.2) is 36.5 Å². The van der Waals surface area contributed by atoms with Gasteiger partial charge in [-0.2, -0.15) is 0 Å². The molecule has 0 radical (unpaired) electrons. The van der Waals surface area contributed by atoms with E-state index in [0.717, 1.165) is 57.8 Å². The largest absolute Gasteiger partial charge is 0.466 e. The quantitative estimate of drug-likeness (QED) is 0.0321. The first-order chi connectivity index (χ1) is 33.0. The van der Waals surface area contributed by atoms with Crippen molar-refractivity contribution in [2.24, 2.45) is 0 Å². The molecule has 0 rings (SSSR count). The topological polar surface area (TPSA) is 95.9 Å². The molecule has 2 atom stereocenters. The van der Waals surface area contributed by atoms with Gasteiger partial charge < -0.3 is 20.3 Å². The van der Waals surface area contributed by atoms with E-state index in [-0.39, 0.29) is 18.5 Å². The van der Waals surface area contributed by atoms with Gasteiger partial charge in [0.25, 0.3) is 0 Å². The Morgan fingerprint density at radius 1 is 0.403 bits per heavy atom. The third-order valence-corrected chi connectivity index (χ3v) is 13.6. The first-order valence-corrected chi connectivity index (χ1v) is 29.8. The molecule has 0 spiro atoms. The number of rotatable bonds is 55. The first kappa shape index (κ1) is 65.1. The molecule has 0 saturated heterocycles. The maximum atomic E-state index is 12.4. The molecule has 0 aliphatic rings. The van der Waals surface area contributed by atoms with Crippen molar-refractivity contribution < 1.29 is 24.5 Å². The Morgan fingerprint density at radius 3 is 1.06 bits per heavy atom. The highest BCUT2D eigenvalue weighted by atomic mass is 16.5. The van der Waals surface area contributed by atoms with Crippen LogP contribution in [0.3, 0.4) is 0 Å². The number of esters is 1. The Balaban J connectivity index is 3.46. The van der Waals surface area contributed by atoms with Crippen LogP contribution in [0, 0.1) is 0 Å². The highest BCUT2D eigenvalue weighted by Gasteiger charge is 2.18. The summed E-state index contributed by atoms with van der Waals surface area (Å²) in [4.78, 5) is 24.5. The van der Waals surface area contributed by atoms with E-state index < -0.39 is 12.1 Å². The lowest BCUT2D eigenvalue weighted by atomic mass is 10.0. The highest BCUT2D eigenvalue weighted by Crippen LogP contribution is 2.16. The van der Waals surface area contributed by atoms with E-state index in [2.05, 4.69) is 43.5 Å². The molecule has 6 nitrogen and oxygen atoms in total. The number of hydrogen-bond donors (Lipinski definition) is 3. The third-order valence-electron chi connectivity index (χ3n) is 13.6. The Bertz CT molecular complexity index is 1090. The van der Waals surface area contributed by atoms with Gasteiger partial charge in [-0.1, -0.05) is 256 Å². The van der Waals surface area contributed by atoms with Gasteiger partial charge in [0.1, 0.15) is 0 Å². The zero-order valence-electron chi connectivity index (χ0n) is 44.9. The number of nitrogens with one attached hydrogen (secondary N) is 1. The van der Waals surface area contributed by atoms with Crippen LogP contribution in [0.2, 0.25) is 0 Å². The second-order valence-corrected chi connectivity index (χ2v) is 20.3. The van der Waals surface area contributed by atoms with E-state index in [1.165, 1.54) is 231 Å². The predicted octanol–water partition coefficient (Wildman–Crippen LogP) is 18.4. The van der Waals surface area contributed by atoms with Crippen molar-refractivity contribution >= 4 is 11.9 Å². The SMILES string of the molecule is CCCCCCCCC/C=C\CCCCCCCCCC(=O)OCCCCCCCCCCC/C=C\CCCCCCCC(=O)NC(CO)C(O)/C=C/CCCCCCCCCCCCCC. The maximum Gasteiger partial charge on any atom is 0.305 e. The highest BCUT2D eigenvalue weighted by molar-refractivity contribution is 5.76. The third kappa shape index (κ3) is 53.3. The fourth-order valence-corrected chi connectivity index (χ4v) is 9.03. The number of aliphatic hydroxyl groups is 2. The summed E-state index contributed by atoms with van der Waals surface area (Å²) in [6.07, 6.45) is 70.3. The number of unbranched alkanes of at least 4 members (excludes halogenated alkanes) is 40. The molecule has 3 N–H and O–H groups in total. The Kier molecular flexibility index (Phi) is 55.0. The van der Waals surface area contributed by atoms with Crippen molar-refractivity contribution in [3.63, 3.8) is 0 Å². The van der Waals surface area contributed by atoms with Gasteiger partial charge in [0.15, 0.2) is 0 Å². The number of carbonyl (C=O) groups is 2. The zero-order chi connectivity index (χ0) is 48.6. The van der Waals surface area contributed by atoms with Crippen molar-refractivity contribution in [1.29, 1.82) is 0 Å². The van der Waals surface area contributed by atoms with E-state index in [4.69, 9.17) is 4.74 Å². The van der Waals surface area contributed by atoms with E-state index in [9.17, 15) is 19.8 Å². The van der Waals surface area contributed by atoms with Crippen LogP contribution < -0.4 is 5.32 Å². The molecule has 0 bridgehead atoms. The molecule has 0 aromatic carbocycles. The fourth-order valence-electron chi connectivity index (χ4n) is 9.03. The average Bonchev–Trinajstić information content (AvgIpc) is 3.33. The van der Waals surface area contributed by atoms with Gasteiger partial charge in [0, 0.05) is 12.8 Å². The summed E-state index contributed by atoms with van der Waals surface area (Å²) in [6.45, 7) is 4.89.